The van der Waals surface area contributed by atoms with Gasteiger partial charge >= 0.3 is 0 Å². The van der Waals surface area contributed by atoms with Gasteiger partial charge in [0.2, 0.25) is 0 Å². The Bertz CT molecular complexity index is 949. The van der Waals surface area contributed by atoms with Gasteiger partial charge in [-0.25, -0.2) is 8.42 Å². The summed E-state index contributed by atoms with van der Waals surface area (Å²) in [5.41, 5.74) is 1.25. The molecule has 7 nitrogen and oxygen atoms in total. The van der Waals surface area contributed by atoms with Crippen LogP contribution in [-0.2, 0) is 9.84 Å². The minimum Gasteiger partial charge on any atom is -0.379 e. The normalized spacial score (nSPS) is 17.3. The van der Waals surface area contributed by atoms with Gasteiger partial charge in [0.15, 0.2) is 9.84 Å². The summed E-state index contributed by atoms with van der Waals surface area (Å²) in [7, 11) is -3.59. The fourth-order valence-corrected chi connectivity index (χ4v) is 4.47. The van der Waals surface area contributed by atoms with Crippen molar-refractivity contribution in [3.8, 4) is 0 Å². The van der Waals surface area contributed by atoms with Crippen LogP contribution in [0.2, 0.25) is 0 Å². The van der Waals surface area contributed by atoms with E-state index < -0.39 is 14.8 Å². The van der Waals surface area contributed by atoms with Crippen LogP contribution < -0.4 is 10.2 Å². The smallest absolute Gasteiger partial charge is 0.270 e. The van der Waals surface area contributed by atoms with Crippen molar-refractivity contribution in [1.29, 1.82) is 0 Å². The van der Waals surface area contributed by atoms with Gasteiger partial charge in [0.25, 0.3) is 5.69 Å². The predicted molar refractivity (Wildman–Crippen MR) is 105 cm³/mol. The molecule has 0 bridgehead atoms. The first-order chi connectivity index (χ1) is 12.3. The Morgan fingerprint density at radius 1 is 1.27 bits per heavy atom. The lowest BCUT2D eigenvalue weighted by Crippen LogP contribution is -2.26. The third-order valence-corrected chi connectivity index (χ3v) is 6.12. The molecule has 1 N–H and O–H groups in total. The van der Waals surface area contributed by atoms with E-state index in [4.69, 9.17) is 0 Å². The molecule has 1 heterocycles. The highest BCUT2D eigenvalue weighted by molar-refractivity contribution is 9.10. The zero-order valence-electron chi connectivity index (χ0n) is 14.1. The summed E-state index contributed by atoms with van der Waals surface area (Å²) in [5, 5.41) is 14.2. The van der Waals surface area contributed by atoms with Crippen LogP contribution in [-0.4, -0.2) is 38.7 Å². The van der Waals surface area contributed by atoms with Crippen molar-refractivity contribution in [3.63, 3.8) is 0 Å². The second-order valence-electron chi connectivity index (χ2n) is 6.24. The van der Waals surface area contributed by atoms with E-state index in [1.54, 1.807) is 0 Å². The molecular weight excluding hydrogens is 422 g/mol. The lowest BCUT2D eigenvalue weighted by Gasteiger charge is -2.21. The van der Waals surface area contributed by atoms with Crippen LogP contribution in [0.5, 0.6) is 0 Å². The number of sulfone groups is 1. The number of rotatable bonds is 5. The summed E-state index contributed by atoms with van der Waals surface area (Å²) in [6.45, 7) is 1.55. The zero-order chi connectivity index (χ0) is 18.9. The molecule has 1 saturated heterocycles. The lowest BCUT2D eigenvalue weighted by molar-refractivity contribution is -0.385. The van der Waals surface area contributed by atoms with Crippen LogP contribution >= 0.6 is 15.9 Å². The Labute approximate surface area is 160 Å². The number of non-ortho nitro benzene ring substituents is 1. The molecule has 1 fully saturated rings. The number of halogens is 1. The van der Waals surface area contributed by atoms with Gasteiger partial charge < -0.3 is 10.2 Å². The van der Waals surface area contributed by atoms with Gasteiger partial charge in [-0.15, -0.1) is 0 Å². The zero-order valence-corrected chi connectivity index (χ0v) is 16.5. The number of nitrogens with one attached hydrogen (secondary N) is 1. The monoisotopic (exact) mass is 439 g/mol. The standard InChI is InChI=1S/C17H18BrN3O4S/c1-26(24,25)17-10-13(21(22)23)6-7-15(17)19-12-8-9-20(11-12)16-5-3-2-4-14(16)18/h2-7,10,12,19H,8-9,11H2,1H3. The highest BCUT2D eigenvalue weighted by Crippen LogP contribution is 2.31. The lowest BCUT2D eigenvalue weighted by atomic mass is 10.2. The Morgan fingerprint density at radius 3 is 2.65 bits per heavy atom. The van der Waals surface area contributed by atoms with Gasteiger partial charge in [0, 0.05) is 42.0 Å². The SMILES string of the molecule is CS(=O)(=O)c1cc([N+](=O)[O-])ccc1NC1CCN(c2ccccc2Br)C1. The number of benzene rings is 2. The Morgan fingerprint density at radius 2 is 2.00 bits per heavy atom. The Hall–Kier alpha value is -2.13. The Balaban J connectivity index is 1.82. The van der Waals surface area contributed by atoms with Crippen molar-refractivity contribution in [2.24, 2.45) is 0 Å². The Kier molecular flexibility index (Phi) is 5.19. The molecule has 0 aromatic heterocycles. The molecule has 9 heteroatoms. The van der Waals surface area contributed by atoms with Crippen molar-refractivity contribution in [2.45, 2.75) is 17.4 Å². The number of anilines is 2. The maximum absolute atomic E-state index is 12.1. The van der Waals surface area contributed by atoms with Gasteiger partial charge in [-0.2, -0.15) is 0 Å². The van der Waals surface area contributed by atoms with Crippen molar-refractivity contribution in [3.05, 3.63) is 57.1 Å². The number of para-hydroxylation sites is 1. The van der Waals surface area contributed by atoms with Crippen molar-refractivity contribution < 1.29 is 13.3 Å². The summed E-state index contributed by atoms with van der Waals surface area (Å²) in [6, 6.07) is 11.9. The van der Waals surface area contributed by atoms with Gasteiger partial charge in [-0.05, 0) is 40.5 Å². The van der Waals surface area contributed by atoms with Crippen molar-refractivity contribution in [1.82, 2.24) is 0 Å². The average Bonchev–Trinajstić information content (AvgIpc) is 3.02. The van der Waals surface area contributed by atoms with Gasteiger partial charge in [-0.1, -0.05) is 12.1 Å². The van der Waals surface area contributed by atoms with E-state index in [9.17, 15) is 18.5 Å². The molecule has 0 amide bonds. The molecule has 1 aliphatic heterocycles. The maximum atomic E-state index is 12.1. The minimum absolute atomic E-state index is 0.0454. The van der Waals surface area contributed by atoms with Gasteiger partial charge in [0.05, 0.1) is 21.2 Å². The first-order valence-electron chi connectivity index (χ1n) is 8.00. The van der Waals surface area contributed by atoms with E-state index in [1.165, 1.54) is 12.1 Å². The topological polar surface area (TPSA) is 92.5 Å². The molecule has 0 spiro atoms. The van der Waals surface area contributed by atoms with Crippen LogP contribution in [0.15, 0.2) is 51.8 Å². The second kappa shape index (κ2) is 7.24. The largest absolute Gasteiger partial charge is 0.379 e. The molecule has 138 valence electrons. The maximum Gasteiger partial charge on any atom is 0.270 e. The molecular formula is C17H18BrN3O4S. The first-order valence-corrected chi connectivity index (χ1v) is 10.7. The molecule has 0 saturated carbocycles. The van der Waals surface area contributed by atoms with E-state index in [-0.39, 0.29) is 16.6 Å². The highest BCUT2D eigenvalue weighted by Gasteiger charge is 2.26. The molecule has 26 heavy (non-hydrogen) atoms. The fraction of sp³-hybridized carbons (Fsp3) is 0.294. The summed E-state index contributed by atoms with van der Waals surface area (Å²) < 4.78 is 25.1. The van der Waals surface area contributed by atoms with Crippen LogP contribution in [0.1, 0.15) is 6.42 Å². The predicted octanol–water partition coefficient (Wildman–Crippen LogP) is 3.45. The van der Waals surface area contributed by atoms with E-state index in [0.29, 0.717) is 12.2 Å². The molecule has 0 radical (unpaired) electrons. The van der Waals surface area contributed by atoms with Crippen molar-refractivity contribution in [2.75, 3.05) is 29.6 Å². The first kappa shape index (κ1) is 18.7. The summed E-state index contributed by atoms with van der Waals surface area (Å²) in [5.74, 6) is 0. The molecule has 1 unspecified atom stereocenters. The molecule has 1 atom stereocenters. The number of hydrogen-bond acceptors (Lipinski definition) is 6. The van der Waals surface area contributed by atoms with E-state index in [1.807, 2.05) is 24.3 Å². The van der Waals surface area contributed by atoms with Gasteiger partial charge in [-0.3, -0.25) is 10.1 Å². The van der Waals surface area contributed by atoms with E-state index >= 15 is 0 Å². The number of nitro groups is 1. The second-order valence-corrected chi connectivity index (χ2v) is 9.08. The summed E-state index contributed by atoms with van der Waals surface area (Å²) in [4.78, 5) is 12.5. The molecule has 0 aliphatic carbocycles. The number of nitrogens with zero attached hydrogens (tertiary/aromatic N) is 2. The van der Waals surface area contributed by atoms with E-state index in [0.717, 1.165) is 35.4 Å². The highest BCUT2D eigenvalue weighted by atomic mass is 79.9. The van der Waals surface area contributed by atoms with Crippen LogP contribution in [0.3, 0.4) is 0 Å². The van der Waals surface area contributed by atoms with Crippen LogP contribution in [0.25, 0.3) is 0 Å². The quantitative estimate of drug-likeness (QED) is 0.566. The minimum atomic E-state index is -3.59. The number of hydrogen-bond donors (Lipinski definition) is 1. The third kappa shape index (κ3) is 3.99. The fourth-order valence-electron chi connectivity index (χ4n) is 3.08. The van der Waals surface area contributed by atoms with Crippen molar-refractivity contribution >= 4 is 42.8 Å². The van der Waals surface area contributed by atoms with Crippen LogP contribution in [0, 0.1) is 10.1 Å². The molecule has 1 aliphatic rings. The number of nitro benzene ring substituents is 1. The van der Waals surface area contributed by atoms with E-state index in [2.05, 4.69) is 26.1 Å². The summed E-state index contributed by atoms with van der Waals surface area (Å²) in [6.07, 6.45) is 1.89. The van der Waals surface area contributed by atoms with Gasteiger partial charge in [0.1, 0.15) is 0 Å². The van der Waals surface area contributed by atoms with Crippen LogP contribution in [0.4, 0.5) is 17.1 Å². The average molecular weight is 440 g/mol. The molecule has 2 aromatic carbocycles. The molecule has 3 rings (SSSR count). The summed E-state index contributed by atoms with van der Waals surface area (Å²) >= 11 is 3.55. The molecule has 2 aromatic rings. The third-order valence-electron chi connectivity index (χ3n) is 4.32.